The Labute approximate surface area is 138 Å². The van der Waals surface area contributed by atoms with Gasteiger partial charge in [0.25, 0.3) is 5.91 Å². The SMILES string of the molecule is O=C(Nc1cnc2[nH]c(I)cc2c1)c1cccc2n[nH]cc12. The van der Waals surface area contributed by atoms with Crippen molar-refractivity contribution in [1.29, 1.82) is 0 Å². The molecule has 4 rings (SSSR count). The van der Waals surface area contributed by atoms with Crippen molar-refractivity contribution in [1.82, 2.24) is 20.2 Å². The lowest BCUT2D eigenvalue weighted by Crippen LogP contribution is -2.12. The topological polar surface area (TPSA) is 86.5 Å². The summed E-state index contributed by atoms with van der Waals surface area (Å²) in [5.74, 6) is -0.182. The fraction of sp³-hybridized carbons (Fsp3) is 0. The zero-order valence-corrected chi connectivity index (χ0v) is 13.4. The maximum atomic E-state index is 12.5. The molecule has 4 aromatic rings. The summed E-state index contributed by atoms with van der Waals surface area (Å²) in [5, 5.41) is 11.5. The zero-order chi connectivity index (χ0) is 15.1. The number of anilines is 1. The largest absolute Gasteiger partial charge is 0.335 e. The van der Waals surface area contributed by atoms with Crippen LogP contribution in [0.5, 0.6) is 0 Å². The van der Waals surface area contributed by atoms with Gasteiger partial charge in [-0.2, -0.15) is 5.10 Å². The lowest BCUT2D eigenvalue weighted by molar-refractivity contribution is 0.102. The van der Waals surface area contributed by atoms with Gasteiger partial charge in [-0.05, 0) is 46.9 Å². The molecule has 6 nitrogen and oxygen atoms in total. The van der Waals surface area contributed by atoms with E-state index in [0.717, 1.165) is 25.6 Å². The summed E-state index contributed by atoms with van der Waals surface area (Å²) in [5.41, 5.74) is 2.81. The van der Waals surface area contributed by atoms with Crippen LogP contribution in [0.3, 0.4) is 0 Å². The molecule has 7 heteroatoms. The van der Waals surface area contributed by atoms with Crippen LogP contribution in [0.1, 0.15) is 10.4 Å². The number of carbonyl (C=O) groups is 1. The minimum absolute atomic E-state index is 0.182. The molecule has 0 spiro atoms. The van der Waals surface area contributed by atoms with Crippen LogP contribution in [0.4, 0.5) is 5.69 Å². The molecular formula is C15H10IN5O. The van der Waals surface area contributed by atoms with Crippen molar-refractivity contribution < 1.29 is 4.79 Å². The number of carbonyl (C=O) groups excluding carboxylic acids is 1. The average molecular weight is 403 g/mol. The molecule has 3 N–H and O–H groups in total. The van der Waals surface area contributed by atoms with Crippen LogP contribution in [0, 0.1) is 3.70 Å². The third-order valence-corrected chi connectivity index (χ3v) is 4.00. The van der Waals surface area contributed by atoms with Gasteiger partial charge in [-0.1, -0.05) is 6.07 Å². The summed E-state index contributed by atoms with van der Waals surface area (Å²) in [6, 6.07) is 9.33. The molecule has 0 saturated heterocycles. The lowest BCUT2D eigenvalue weighted by atomic mass is 10.1. The van der Waals surface area contributed by atoms with E-state index < -0.39 is 0 Å². The first kappa shape index (κ1) is 13.3. The van der Waals surface area contributed by atoms with E-state index in [1.165, 1.54) is 0 Å². The second-order valence-electron chi connectivity index (χ2n) is 4.86. The number of rotatable bonds is 2. The number of halogens is 1. The maximum Gasteiger partial charge on any atom is 0.256 e. The van der Waals surface area contributed by atoms with Crippen LogP contribution < -0.4 is 5.32 Å². The third kappa shape index (κ3) is 2.23. The summed E-state index contributed by atoms with van der Waals surface area (Å²) >= 11 is 2.19. The molecule has 0 unspecified atom stereocenters. The number of fused-ring (bicyclic) bond motifs is 2. The number of aromatic amines is 2. The molecule has 0 aliphatic rings. The number of hydrogen-bond donors (Lipinski definition) is 3. The van der Waals surface area contributed by atoms with Crippen molar-refractivity contribution in [2.75, 3.05) is 5.32 Å². The highest BCUT2D eigenvalue weighted by atomic mass is 127. The number of H-pyrrole nitrogens is 2. The van der Waals surface area contributed by atoms with E-state index in [9.17, 15) is 4.79 Å². The van der Waals surface area contributed by atoms with Crippen LogP contribution in [-0.4, -0.2) is 26.1 Å². The molecule has 0 bridgehead atoms. The zero-order valence-electron chi connectivity index (χ0n) is 11.2. The summed E-state index contributed by atoms with van der Waals surface area (Å²) < 4.78 is 1.01. The molecule has 108 valence electrons. The van der Waals surface area contributed by atoms with E-state index in [4.69, 9.17) is 0 Å². The van der Waals surface area contributed by atoms with Gasteiger partial charge in [0.15, 0.2) is 0 Å². The minimum atomic E-state index is -0.182. The summed E-state index contributed by atoms with van der Waals surface area (Å²) in [6.07, 6.45) is 3.36. The lowest BCUT2D eigenvalue weighted by Gasteiger charge is -2.05. The molecule has 3 heterocycles. The average Bonchev–Trinajstić information content (AvgIpc) is 3.11. The number of aromatic nitrogens is 4. The van der Waals surface area contributed by atoms with Gasteiger partial charge in [-0.25, -0.2) is 4.98 Å². The third-order valence-electron chi connectivity index (χ3n) is 3.42. The molecule has 22 heavy (non-hydrogen) atoms. The van der Waals surface area contributed by atoms with Crippen molar-refractivity contribution in [2.24, 2.45) is 0 Å². The Hall–Kier alpha value is -2.42. The summed E-state index contributed by atoms with van der Waals surface area (Å²) in [4.78, 5) is 19.9. The Morgan fingerprint density at radius 2 is 2.18 bits per heavy atom. The maximum absolute atomic E-state index is 12.5. The van der Waals surface area contributed by atoms with Gasteiger partial charge in [0.1, 0.15) is 5.65 Å². The van der Waals surface area contributed by atoms with Gasteiger partial charge in [0.2, 0.25) is 0 Å². The van der Waals surface area contributed by atoms with Crippen LogP contribution in [0.15, 0.2) is 42.7 Å². The number of nitrogens with one attached hydrogen (secondary N) is 3. The Kier molecular flexibility index (Phi) is 3.07. The second kappa shape index (κ2) is 5.09. The second-order valence-corrected chi connectivity index (χ2v) is 6.02. The molecular weight excluding hydrogens is 393 g/mol. The van der Waals surface area contributed by atoms with Crippen LogP contribution >= 0.6 is 22.6 Å². The smallest absolute Gasteiger partial charge is 0.256 e. The van der Waals surface area contributed by atoms with E-state index in [0.29, 0.717) is 11.3 Å². The molecule has 0 fully saturated rings. The van der Waals surface area contributed by atoms with E-state index in [2.05, 4.69) is 48.1 Å². The molecule has 3 aromatic heterocycles. The van der Waals surface area contributed by atoms with E-state index >= 15 is 0 Å². The Bertz CT molecular complexity index is 1000. The van der Waals surface area contributed by atoms with E-state index in [1.54, 1.807) is 18.5 Å². The highest BCUT2D eigenvalue weighted by Gasteiger charge is 2.12. The molecule has 1 amide bonds. The first-order valence-electron chi connectivity index (χ1n) is 6.59. The van der Waals surface area contributed by atoms with Crippen molar-refractivity contribution in [3.8, 4) is 0 Å². The van der Waals surface area contributed by atoms with Gasteiger partial charge in [-0.15, -0.1) is 0 Å². The standard InChI is InChI=1S/C15H10IN5O/c16-13-5-8-4-9(6-17-14(8)20-13)19-15(22)10-2-1-3-12-11(10)7-18-21-12/h1-7H,(H,17,20)(H,18,21)(H,19,22). The van der Waals surface area contributed by atoms with Gasteiger partial charge >= 0.3 is 0 Å². The number of hydrogen-bond acceptors (Lipinski definition) is 3. The fourth-order valence-corrected chi connectivity index (χ4v) is 3.01. The highest BCUT2D eigenvalue weighted by molar-refractivity contribution is 14.1. The first-order valence-corrected chi connectivity index (χ1v) is 7.67. The van der Waals surface area contributed by atoms with Crippen molar-refractivity contribution in [2.45, 2.75) is 0 Å². The van der Waals surface area contributed by atoms with Crippen LogP contribution in [-0.2, 0) is 0 Å². The fourth-order valence-electron chi connectivity index (χ4n) is 2.42. The van der Waals surface area contributed by atoms with Crippen molar-refractivity contribution >= 4 is 56.1 Å². The van der Waals surface area contributed by atoms with Gasteiger partial charge in [0.05, 0.1) is 26.7 Å². The Morgan fingerprint density at radius 1 is 1.27 bits per heavy atom. The molecule has 1 aromatic carbocycles. The molecule has 0 radical (unpaired) electrons. The highest BCUT2D eigenvalue weighted by Crippen LogP contribution is 2.21. The van der Waals surface area contributed by atoms with Crippen molar-refractivity contribution in [3.63, 3.8) is 0 Å². The molecule has 0 aliphatic heterocycles. The number of nitrogens with zero attached hydrogens (tertiary/aromatic N) is 2. The monoisotopic (exact) mass is 403 g/mol. The number of amides is 1. The number of pyridine rings is 1. The van der Waals surface area contributed by atoms with E-state index in [1.807, 2.05) is 24.3 Å². The molecule has 0 aliphatic carbocycles. The van der Waals surface area contributed by atoms with Gasteiger partial charge in [0, 0.05) is 17.0 Å². The normalized spacial score (nSPS) is 11.1. The summed E-state index contributed by atoms with van der Waals surface area (Å²) in [7, 11) is 0. The molecule has 0 atom stereocenters. The quantitative estimate of drug-likeness (QED) is 0.449. The van der Waals surface area contributed by atoms with Crippen molar-refractivity contribution in [3.05, 3.63) is 52.0 Å². The van der Waals surface area contributed by atoms with Crippen LogP contribution in [0.25, 0.3) is 21.9 Å². The Morgan fingerprint density at radius 3 is 3.09 bits per heavy atom. The van der Waals surface area contributed by atoms with Crippen LogP contribution in [0.2, 0.25) is 0 Å². The summed E-state index contributed by atoms with van der Waals surface area (Å²) in [6.45, 7) is 0. The minimum Gasteiger partial charge on any atom is -0.335 e. The number of benzene rings is 1. The molecule has 0 saturated carbocycles. The van der Waals surface area contributed by atoms with E-state index in [-0.39, 0.29) is 5.91 Å². The van der Waals surface area contributed by atoms with Gasteiger partial charge in [-0.3, -0.25) is 9.89 Å². The predicted molar refractivity (Wildman–Crippen MR) is 92.9 cm³/mol. The Balaban J connectivity index is 1.69. The first-order chi connectivity index (χ1) is 10.7. The predicted octanol–water partition coefficient (Wildman–Crippen LogP) is 3.30. The van der Waals surface area contributed by atoms with Gasteiger partial charge < -0.3 is 10.3 Å².